The van der Waals surface area contributed by atoms with Crippen LogP contribution in [0.2, 0.25) is 0 Å². The number of rotatable bonds is 2. The number of fused-ring (bicyclic) bond motifs is 3. The van der Waals surface area contributed by atoms with Crippen molar-refractivity contribution < 1.29 is 9.47 Å². The van der Waals surface area contributed by atoms with Gasteiger partial charge in [-0.25, -0.2) is 0 Å². The highest BCUT2D eigenvalue weighted by Gasteiger charge is 2.57. The number of ether oxygens (including phenoxy) is 2. The third-order valence-corrected chi connectivity index (χ3v) is 6.12. The molecule has 3 unspecified atom stereocenters. The van der Waals surface area contributed by atoms with Gasteiger partial charge in [-0.3, -0.25) is 0 Å². The molecule has 3 atom stereocenters. The van der Waals surface area contributed by atoms with Crippen LogP contribution in [-0.2, 0) is 10.2 Å². The van der Waals surface area contributed by atoms with Crippen molar-refractivity contribution in [2.75, 3.05) is 12.8 Å². The van der Waals surface area contributed by atoms with E-state index in [1.165, 1.54) is 11.1 Å². The van der Waals surface area contributed by atoms with Crippen LogP contribution < -0.4 is 21.9 Å². The SMILES string of the molecule is COC1=CC=C(C23CCC(N)(N)CC2Oc2ccc(N)cc23)C(C)C1. The molecule has 6 N–H and O–H groups in total. The van der Waals surface area contributed by atoms with Gasteiger partial charge in [0.2, 0.25) is 0 Å². The first-order valence-electron chi connectivity index (χ1n) is 8.95. The zero-order valence-electron chi connectivity index (χ0n) is 14.9. The van der Waals surface area contributed by atoms with Crippen LogP contribution in [0.3, 0.4) is 0 Å². The number of allylic oxidation sites excluding steroid dienone is 3. The maximum Gasteiger partial charge on any atom is 0.124 e. The molecule has 1 heterocycles. The van der Waals surface area contributed by atoms with E-state index in [-0.39, 0.29) is 11.5 Å². The lowest BCUT2D eigenvalue weighted by atomic mass is 9.58. The van der Waals surface area contributed by atoms with Crippen molar-refractivity contribution in [3.8, 4) is 5.75 Å². The number of anilines is 1. The summed E-state index contributed by atoms with van der Waals surface area (Å²) in [5.41, 5.74) is 21.1. The van der Waals surface area contributed by atoms with Gasteiger partial charge in [0.15, 0.2) is 0 Å². The molecule has 134 valence electrons. The summed E-state index contributed by atoms with van der Waals surface area (Å²) in [6.45, 7) is 2.25. The summed E-state index contributed by atoms with van der Waals surface area (Å²) in [6, 6.07) is 5.94. The molecule has 0 aromatic heterocycles. The molecule has 3 aliphatic rings. The molecular weight excluding hydrogens is 314 g/mol. The van der Waals surface area contributed by atoms with Crippen LogP contribution in [0.5, 0.6) is 5.75 Å². The second-order valence-electron chi connectivity index (χ2n) is 7.84. The summed E-state index contributed by atoms with van der Waals surface area (Å²) >= 11 is 0. The van der Waals surface area contributed by atoms with Gasteiger partial charge in [0, 0.05) is 24.1 Å². The van der Waals surface area contributed by atoms with Gasteiger partial charge in [-0.05, 0) is 43.0 Å². The van der Waals surface area contributed by atoms with Crippen LogP contribution in [0.1, 0.15) is 38.2 Å². The Labute approximate surface area is 148 Å². The van der Waals surface area contributed by atoms with Gasteiger partial charge in [0.05, 0.1) is 23.9 Å². The zero-order valence-corrected chi connectivity index (χ0v) is 14.9. The molecule has 0 amide bonds. The minimum Gasteiger partial charge on any atom is -0.501 e. The van der Waals surface area contributed by atoms with E-state index in [9.17, 15) is 0 Å². The molecule has 1 aromatic rings. The van der Waals surface area contributed by atoms with E-state index in [1.54, 1.807) is 7.11 Å². The second kappa shape index (κ2) is 5.51. The van der Waals surface area contributed by atoms with Gasteiger partial charge in [0.1, 0.15) is 11.9 Å². The number of methoxy groups -OCH3 is 1. The predicted octanol–water partition coefficient (Wildman–Crippen LogP) is 2.56. The Morgan fingerprint density at radius 1 is 1.20 bits per heavy atom. The summed E-state index contributed by atoms with van der Waals surface area (Å²) in [5.74, 6) is 2.28. The molecule has 4 rings (SSSR count). The van der Waals surface area contributed by atoms with E-state index in [1.807, 2.05) is 12.1 Å². The molecule has 1 aliphatic heterocycles. The Balaban J connectivity index is 1.88. The maximum atomic E-state index is 6.35. The van der Waals surface area contributed by atoms with Gasteiger partial charge < -0.3 is 26.7 Å². The maximum absolute atomic E-state index is 6.35. The minimum atomic E-state index is -0.687. The molecule has 0 radical (unpaired) electrons. The Hall–Kier alpha value is -1.98. The highest BCUT2D eigenvalue weighted by Crippen LogP contribution is 2.57. The van der Waals surface area contributed by atoms with Crippen LogP contribution in [0.25, 0.3) is 0 Å². The molecule has 1 saturated carbocycles. The lowest BCUT2D eigenvalue weighted by Gasteiger charge is -2.47. The molecule has 1 aromatic carbocycles. The van der Waals surface area contributed by atoms with E-state index in [0.29, 0.717) is 12.3 Å². The Morgan fingerprint density at radius 3 is 2.72 bits per heavy atom. The summed E-state index contributed by atoms with van der Waals surface area (Å²) < 4.78 is 11.8. The van der Waals surface area contributed by atoms with Crippen molar-refractivity contribution in [3.63, 3.8) is 0 Å². The number of benzene rings is 1. The van der Waals surface area contributed by atoms with Crippen molar-refractivity contribution in [2.45, 2.75) is 49.8 Å². The molecule has 2 aliphatic carbocycles. The fraction of sp³-hybridized carbons (Fsp3) is 0.500. The molecular formula is C20H27N3O2. The number of hydrogen-bond acceptors (Lipinski definition) is 5. The lowest BCUT2D eigenvalue weighted by Crippen LogP contribution is -2.60. The van der Waals surface area contributed by atoms with E-state index in [0.717, 1.165) is 36.5 Å². The number of nitrogen functional groups attached to an aromatic ring is 1. The molecule has 0 bridgehead atoms. The van der Waals surface area contributed by atoms with E-state index in [2.05, 4.69) is 25.1 Å². The van der Waals surface area contributed by atoms with Gasteiger partial charge in [-0.1, -0.05) is 18.6 Å². The van der Waals surface area contributed by atoms with Gasteiger partial charge in [-0.2, -0.15) is 0 Å². The summed E-state index contributed by atoms with van der Waals surface area (Å²) in [6.07, 6.45) is 7.38. The van der Waals surface area contributed by atoms with Crippen molar-refractivity contribution in [1.82, 2.24) is 0 Å². The normalized spacial score (nSPS) is 32.8. The lowest BCUT2D eigenvalue weighted by molar-refractivity contribution is 0.0716. The standard InChI is InChI=1S/C20H27N3O2/c1-12-9-14(24-2)4-5-15(12)20-8-7-19(22,23)11-18(20)25-17-6-3-13(21)10-16(17)20/h3-6,10,12,18H,7-9,11,21-23H2,1-2H3. The average Bonchev–Trinajstić information content (AvgIpc) is 2.87. The first-order chi connectivity index (χ1) is 11.9. The van der Waals surface area contributed by atoms with Gasteiger partial charge in [-0.15, -0.1) is 0 Å². The summed E-state index contributed by atoms with van der Waals surface area (Å²) in [7, 11) is 1.73. The summed E-state index contributed by atoms with van der Waals surface area (Å²) in [5, 5.41) is 0. The molecule has 25 heavy (non-hydrogen) atoms. The number of nitrogens with two attached hydrogens (primary N) is 3. The first-order valence-corrected chi connectivity index (χ1v) is 8.95. The van der Waals surface area contributed by atoms with Crippen LogP contribution >= 0.6 is 0 Å². The molecule has 0 saturated heterocycles. The second-order valence-corrected chi connectivity index (χ2v) is 7.84. The van der Waals surface area contributed by atoms with Crippen molar-refractivity contribution >= 4 is 5.69 Å². The smallest absolute Gasteiger partial charge is 0.124 e. The fourth-order valence-electron chi connectivity index (χ4n) is 4.87. The van der Waals surface area contributed by atoms with E-state index < -0.39 is 5.66 Å². The minimum absolute atomic E-state index is 0.0563. The summed E-state index contributed by atoms with van der Waals surface area (Å²) in [4.78, 5) is 0. The highest BCUT2D eigenvalue weighted by atomic mass is 16.5. The van der Waals surface area contributed by atoms with Gasteiger partial charge >= 0.3 is 0 Å². The van der Waals surface area contributed by atoms with Crippen LogP contribution in [-0.4, -0.2) is 18.9 Å². The third-order valence-electron chi connectivity index (χ3n) is 6.12. The monoisotopic (exact) mass is 341 g/mol. The van der Waals surface area contributed by atoms with Crippen molar-refractivity contribution in [3.05, 3.63) is 47.2 Å². The average molecular weight is 341 g/mol. The Morgan fingerprint density at radius 2 is 2.00 bits per heavy atom. The fourth-order valence-corrected chi connectivity index (χ4v) is 4.87. The van der Waals surface area contributed by atoms with Crippen LogP contribution in [0.4, 0.5) is 5.69 Å². The van der Waals surface area contributed by atoms with E-state index >= 15 is 0 Å². The Kier molecular flexibility index (Phi) is 3.63. The van der Waals surface area contributed by atoms with Crippen molar-refractivity contribution in [1.29, 1.82) is 0 Å². The third kappa shape index (κ3) is 2.45. The number of hydrogen-bond donors (Lipinski definition) is 3. The van der Waals surface area contributed by atoms with Crippen LogP contribution in [0.15, 0.2) is 41.7 Å². The zero-order chi connectivity index (χ0) is 17.8. The van der Waals surface area contributed by atoms with E-state index in [4.69, 9.17) is 26.7 Å². The van der Waals surface area contributed by atoms with Gasteiger partial charge in [0.25, 0.3) is 0 Å². The molecule has 5 nitrogen and oxygen atoms in total. The highest BCUT2D eigenvalue weighted by molar-refractivity contribution is 5.59. The quantitative estimate of drug-likeness (QED) is 0.567. The predicted molar refractivity (Wildman–Crippen MR) is 98.9 cm³/mol. The Bertz CT molecular complexity index is 768. The van der Waals surface area contributed by atoms with Crippen molar-refractivity contribution in [2.24, 2.45) is 17.4 Å². The molecule has 5 heteroatoms. The molecule has 1 fully saturated rings. The molecule has 0 spiro atoms. The van der Waals surface area contributed by atoms with Crippen LogP contribution in [0, 0.1) is 5.92 Å². The topological polar surface area (TPSA) is 96.5 Å². The first kappa shape index (κ1) is 16.5. The largest absolute Gasteiger partial charge is 0.501 e.